The van der Waals surface area contributed by atoms with Gasteiger partial charge in [-0.1, -0.05) is 13.8 Å². The van der Waals surface area contributed by atoms with E-state index in [2.05, 4.69) is 18.8 Å². The van der Waals surface area contributed by atoms with Gasteiger partial charge in [-0.3, -0.25) is 4.98 Å². The first-order valence-corrected chi connectivity index (χ1v) is 4.88. The maximum Gasteiger partial charge on any atom is 0.148 e. The Morgan fingerprint density at radius 2 is 2.00 bits per heavy atom. The lowest BCUT2D eigenvalue weighted by Crippen LogP contribution is -2.18. The summed E-state index contributed by atoms with van der Waals surface area (Å²) in [6, 6.07) is 0.921. The largest absolute Gasteiger partial charge is 0.255 e. The van der Waals surface area contributed by atoms with Gasteiger partial charge in [-0.2, -0.15) is 0 Å². The molecule has 1 aromatic rings. The summed E-state index contributed by atoms with van der Waals surface area (Å²) in [4.78, 5) is 3.88. The number of hydrogen-bond donors (Lipinski definition) is 0. The lowest BCUT2D eigenvalue weighted by Gasteiger charge is -2.19. The third-order valence-corrected chi connectivity index (χ3v) is 3.17. The van der Waals surface area contributed by atoms with Crippen LogP contribution in [0, 0.1) is 17.6 Å². The van der Waals surface area contributed by atoms with E-state index < -0.39 is 11.6 Å². The van der Waals surface area contributed by atoms with E-state index in [0.717, 1.165) is 25.1 Å². The zero-order valence-corrected chi connectivity index (χ0v) is 8.35. The van der Waals surface area contributed by atoms with E-state index in [1.165, 1.54) is 0 Å². The van der Waals surface area contributed by atoms with Crippen molar-refractivity contribution in [3.8, 4) is 0 Å². The first kappa shape index (κ1) is 9.56. The van der Waals surface area contributed by atoms with Crippen LogP contribution in [-0.4, -0.2) is 4.98 Å². The highest BCUT2D eigenvalue weighted by molar-refractivity contribution is 5.27. The molecule has 0 spiro atoms. The second kappa shape index (κ2) is 3.01. The molecule has 0 amide bonds. The van der Waals surface area contributed by atoms with Gasteiger partial charge < -0.3 is 0 Å². The maximum absolute atomic E-state index is 13.4. The molecule has 0 bridgehead atoms. The van der Waals surface area contributed by atoms with Crippen LogP contribution in [0.5, 0.6) is 0 Å². The highest BCUT2D eigenvalue weighted by atomic mass is 19.1. The van der Waals surface area contributed by atoms with Crippen molar-refractivity contribution in [2.45, 2.75) is 32.1 Å². The maximum atomic E-state index is 13.4. The molecule has 0 atom stereocenters. The molecule has 1 aliphatic rings. The van der Waals surface area contributed by atoms with Gasteiger partial charge in [0.2, 0.25) is 0 Å². The monoisotopic (exact) mass is 197 g/mol. The molecule has 0 aliphatic heterocycles. The molecule has 1 aliphatic carbocycles. The molecule has 14 heavy (non-hydrogen) atoms. The number of hydrogen-bond acceptors (Lipinski definition) is 1. The summed E-state index contributed by atoms with van der Waals surface area (Å²) >= 11 is 0. The molecule has 1 nitrogen and oxygen atoms in total. The van der Waals surface area contributed by atoms with E-state index in [1.54, 1.807) is 0 Å². The lowest BCUT2D eigenvalue weighted by atomic mass is 9.88. The van der Waals surface area contributed by atoms with Crippen LogP contribution >= 0.6 is 0 Å². The van der Waals surface area contributed by atoms with Crippen molar-refractivity contribution in [1.29, 1.82) is 0 Å². The smallest absolute Gasteiger partial charge is 0.148 e. The topological polar surface area (TPSA) is 12.9 Å². The van der Waals surface area contributed by atoms with Crippen LogP contribution in [0.25, 0.3) is 0 Å². The molecule has 1 saturated carbocycles. The Kier molecular flexibility index (Phi) is 2.05. The molecule has 2 rings (SSSR count). The first-order valence-electron chi connectivity index (χ1n) is 4.88. The average Bonchev–Trinajstić information content (AvgIpc) is 2.84. The van der Waals surface area contributed by atoms with Gasteiger partial charge >= 0.3 is 0 Å². The fourth-order valence-corrected chi connectivity index (χ4v) is 2.00. The van der Waals surface area contributed by atoms with E-state index in [1.807, 2.05) is 0 Å². The minimum Gasteiger partial charge on any atom is -0.255 e. The number of nitrogens with zero attached hydrogens (tertiary/aromatic N) is 1. The van der Waals surface area contributed by atoms with Crippen molar-refractivity contribution < 1.29 is 8.78 Å². The van der Waals surface area contributed by atoms with Gasteiger partial charge in [0.1, 0.15) is 11.6 Å². The Morgan fingerprint density at radius 1 is 1.36 bits per heavy atom. The molecule has 3 heteroatoms. The van der Waals surface area contributed by atoms with E-state index in [-0.39, 0.29) is 5.41 Å². The standard InChI is InChI=1S/C11H13F2N/c1-7(2)11(3-4-11)10-9(13)5-8(12)6-14-10/h5-7H,3-4H2,1-2H3. The molecule has 0 radical (unpaired) electrons. The summed E-state index contributed by atoms with van der Waals surface area (Å²) in [5, 5.41) is 0. The summed E-state index contributed by atoms with van der Waals surface area (Å²) in [5.74, 6) is -0.753. The summed E-state index contributed by atoms with van der Waals surface area (Å²) < 4.78 is 26.1. The number of pyridine rings is 1. The summed E-state index contributed by atoms with van der Waals surface area (Å²) in [6.45, 7) is 4.11. The molecule has 0 aromatic carbocycles. The predicted octanol–water partition coefficient (Wildman–Crippen LogP) is 3.05. The van der Waals surface area contributed by atoms with E-state index in [4.69, 9.17) is 0 Å². The minimum absolute atomic E-state index is 0.127. The zero-order valence-electron chi connectivity index (χ0n) is 8.35. The minimum atomic E-state index is -0.606. The van der Waals surface area contributed by atoms with Crippen molar-refractivity contribution in [2.75, 3.05) is 0 Å². The highest BCUT2D eigenvalue weighted by Crippen LogP contribution is 2.53. The normalized spacial score (nSPS) is 18.6. The van der Waals surface area contributed by atoms with Crippen molar-refractivity contribution in [3.05, 3.63) is 29.6 Å². The van der Waals surface area contributed by atoms with E-state index in [0.29, 0.717) is 11.6 Å². The van der Waals surface area contributed by atoms with E-state index in [9.17, 15) is 8.78 Å². The van der Waals surface area contributed by atoms with Crippen LogP contribution in [0.3, 0.4) is 0 Å². The third-order valence-electron chi connectivity index (χ3n) is 3.17. The quantitative estimate of drug-likeness (QED) is 0.710. The Hall–Kier alpha value is -0.990. The van der Waals surface area contributed by atoms with Crippen LogP contribution in [0.15, 0.2) is 12.3 Å². The number of rotatable bonds is 2. The van der Waals surface area contributed by atoms with Crippen molar-refractivity contribution in [1.82, 2.24) is 4.98 Å². The van der Waals surface area contributed by atoms with Crippen LogP contribution < -0.4 is 0 Å². The molecular weight excluding hydrogens is 184 g/mol. The Labute approximate surface area is 82.2 Å². The molecule has 0 saturated heterocycles. The summed E-state index contributed by atoms with van der Waals surface area (Å²) in [7, 11) is 0. The molecule has 0 unspecified atom stereocenters. The average molecular weight is 197 g/mol. The Morgan fingerprint density at radius 3 is 2.43 bits per heavy atom. The molecular formula is C11H13F2N. The molecule has 76 valence electrons. The van der Waals surface area contributed by atoms with Gasteiger partial charge in [0.15, 0.2) is 0 Å². The molecule has 1 fully saturated rings. The van der Waals surface area contributed by atoms with Crippen LogP contribution in [0.1, 0.15) is 32.4 Å². The van der Waals surface area contributed by atoms with Gasteiger partial charge in [0.05, 0.1) is 11.9 Å². The van der Waals surface area contributed by atoms with Gasteiger partial charge in [0.25, 0.3) is 0 Å². The Bertz CT molecular complexity index is 356. The van der Waals surface area contributed by atoms with Crippen molar-refractivity contribution >= 4 is 0 Å². The third kappa shape index (κ3) is 1.31. The summed E-state index contributed by atoms with van der Waals surface area (Å²) in [6.07, 6.45) is 3.02. The SMILES string of the molecule is CC(C)C1(c2ncc(F)cc2F)CC1. The van der Waals surface area contributed by atoms with Gasteiger partial charge in [-0.25, -0.2) is 8.78 Å². The fourth-order valence-electron chi connectivity index (χ4n) is 2.00. The van der Waals surface area contributed by atoms with Crippen LogP contribution in [0.2, 0.25) is 0 Å². The van der Waals surface area contributed by atoms with Crippen molar-refractivity contribution in [2.24, 2.45) is 5.92 Å². The van der Waals surface area contributed by atoms with Crippen LogP contribution in [-0.2, 0) is 5.41 Å². The first-order chi connectivity index (χ1) is 6.56. The summed E-state index contributed by atoms with van der Waals surface area (Å²) in [5.41, 5.74) is 0.312. The van der Waals surface area contributed by atoms with Gasteiger partial charge in [0, 0.05) is 11.5 Å². The van der Waals surface area contributed by atoms with Crippen LogP contribution in [0.4, 0.5) is 8.78 Å². The van der Waals surface area contributed by atoms with Gasteiger partial charge in [-0.05, 0) is 18.8 Å². The van der Waals surface area contributed by atoms with Crippen molar-refractivity contribution in [3.63, 3.8) is 0 Å². The number of halogens is 2. The molecule has 1 heterocycles. The second-order valence-corrected chi connectivity index (χ2v) is 4.29. The second-order valence-electron chi connectivity index (χ2n) is 4.29. The van der Waals surface area contributed by atoms with Gasteiger partial charge in [-0.15, -0.1) is 0 Å². The number of aromatic nitrogens is 1. The molecule has 1 aromatic heterocycles. The van der Waals surface area contributed by atoms with E-state index >= 15 is 0 Å². The predicted molar refractivity (Wildman–Crippen MR) is 49.9 cm³/mol. The highest BCUT2D eigenvalue weighted by Gasteiger charge is 2.49. The zero-order chi connectivity index (χ0) is 10.3. The molecule has 0 N–H and O–H groups in total. The lowest BCUT2D eigenvalue weighted by molar-refractivity contribution is 0.437. The Balaban J connectivity index is 2.42. The fraction of sp³-hybridized carbons (Fsp3) is 0.545.